The third-order valence-electron chi connectivity index (χ3n) is 16.3. The number of benzene rings is 10. The summed E-state index contributed by atoms with van der Waals surface area (Å²) in [6.45, 7) is 26.0. The van der Waals surface area contributed by atoms with Crippen molar-refractivity contribution in [1.29, 1.82) is 5.26 Å². The summed E-state index contributed by atoms with van der Waals surface area (Å²) in [4.78, 5) is 0. The lowest BCUT2D eigenvalue weighted by molar-refractivity contribution is 0.577. The lowest BCUT2D eigenvalue weighted by atomic mass is 9.92. The van der Waals surface area contributed by atoms with E-state index in [1.165, 1.54) is 101 Å². The summed E-state index contributed by atoms with van der Waals surface area (Å²) in [6.07, 6.45) is 0. The SMILES string of the molecule is Cc1cc(C)c(-c2ccc3c(c2)c2ccc(-c4c(C)cc(C)cc4C)cc2n3-c2cccc(-n3c4ccc(-c5c(C)cc(C)cc5C)cc4c4ccc(-c5c(C)cc(C)cc5C)cc43)c2-c2cc(F)c(C#N)c(F)c2)c(C)c1. The van der Waals surface area contributed by atoms with Gasteiger partial charge in [0.15, 0.2) is 0 Å². The molecule has 2 aromatic heterocycles. The van der Waals surface area contributed by atoms with Gasteiger partial charge in [-0.05, 0) is 238 Å². The van der Waals surface area contributed by atoms with Crippen LogP contribution in [0.5, 0.6) is 0 Å². The molecular formula is C73H61F2N3. The zero-order valence-electron chi connectivity index (χ0n) is 46.5. The van der Waals surface area contributed by atoms with E-state index in [4.69, 9.17) is 0 Å². The van der Waals surface area contributed by atoms with E-state index in [0.29, 0.717) is 11.1 Å². The largest absolute Gasteiger partial charge is 0.309 e. The van der Waals surface area contributed by atoms with Crippen LogP contribution in [-0.2, 0) is 0 Å². The maximum Gasteiger partial charge on any atom is 0.144 e. The van der Waals surface area contributed by atoms with Gasteiger partial charge in [-0.3, -0.25) is 0 Å². The molecule has 0 bridgehead atoms. The number of halogens is 2. The molecule has 0 saturated heterocycles. The molecule has 0 saturated carbocycles. The van der Waals surface area contributed by atoms with E-state index in [2.05, 4.69) is 232 Å². The van der Waals surface area contributed by atoms with Crippen molar-refractivity contribution in [3.63, 3.8) is 0 Å². The van der Waals surface area contributed by atoms with Gasteiger partial charge in [0, 0.05) is 27.1 Å². The minimum atomic E-state index is -0.917. The highest BCUT2D eigenvalue weighted by atomic mass is 19.1. The Labute approximate surface area is 456 Å². The topological polar surface area (TPSA) is 33.6 Å². The first-order valence-corrected chi connectivity index (χ1v) is 26.9. The first kappa shape index (κ1) is 50.0. The number of hydrogen-bond donors (Lipinski definition) is 0. The van der Waals surface area contributed by atoms with E-state index < -0.39 is 17.2 Å². The summed E-state index contributed by atoms with van der Waals surface area (Å²) in [5, 5.41) is 14.3. The average molecular weight is 1020 g/mol. The van der Waals surface area contributed by atoms with Gasteiger partial charge in [0.2, 0.25) is 0 Å². The van der Waals surface area contributed by atoms with Crippen molar-refractivity contribution >= 4 is 43.6 Å². The van der Waals surface area contributed by atoms with Crippen LogP contribution in [0, 0.1) is 106 Å². The van der Waals surface area contributed by atoms with E-state index in [9.17, 15) is 5.26 Å². The van der Waals surface area contributed by atoms with Crippen molar-refractivity contribution in [2.45, 2.75) is 83.1 Å². The van der Waals surface area contributed by atoms with Crippen LogP contribution in [0.25, 0.3) is 111 Å². The third-order valence-corrected chi connectivity index (χ3v) is 16.3. The van der Waals surface area contributed by atoms with E-state index in [-0.39, 0.29) is 0 Å². The second-order valence-electron chi connectivity index (χ2n) is 22.3. The number of aryl methyl sites for hydroxylation is 12. The summed E-state index contributed by atoms with van der Waals surface area (Å²) in [6, 6.07) is 55.6. The summed E-state index contributed by atoms with van der Waals surface area (Å²) in [7, 11) is 0. The predicted octanol–water partition coefficient (Wildman–Crippen LogP) is 20.1. The fourth-order valence-electron chi connectivity index (χ4n) is 13.7. The lowest BCUT2D eigenvalue weighted by Gasteiger charge is -2.21. The molecule has 12 aromatic rings. The molecule has 0 aliphatic heterocycles. The third kappa shape index (κ3) is 8.04. The van der Waals surface area contributed by atoms with Crippen LogP contribution in [0.1, 0.15) is 72.3 Å². The molecule has 382 valence electrons. The van der Waals surface area contributed by atoms with Crippen LogP contribution in [0.15, 0.2) is 152 Å². The second kappa shape index (κ2) is 18.7. The molecule has 12 rings (SSSR count). The number of hydrogen-bond acceptors (Lipinski definition) is 1. The van der Waals surface area contributed by atoms with Crippen molar-refractivity contribution in [2.75, 3.05) is 0 Å². The van der Waals surface area contributed by atoms with Crippen molar-refractivity contribution in [3.8, 4) is 73.1 Å². The Morgan fingerprint density at radius 3 is 0.936 bits per heavy atom. The Bertz CT molecular complexity index is 4240. The number of aromatic nitrogens is 2. The van der Waals surface area contributed by atoms with Crippen LogP contribution in [0.3, 0.4) is 0 Å². The summed E-state index contributed by atoms with van der Waals surface area (Å²) < 4.78 is 37.7. The maximum atomic E-state index is 16.6. The van der Waals surface area contributed by atoms with E-state index >= 15 is 8.78 Å². The number of nitriles is 1. The molecule has 0 amide bonds. The van der Waals surface area contributed by atoms with Crippen LogP contribution < -0.4 is 0 Å². The molecule has 0 atom stereocenters. The van der Waals surface area contributed by atoms with Gasteiger partial charge in [-0.1, -0.05) is 113 Å². The molecule has 0 N–H and O–H groups in total. The summed E-state index contributed by atoms with van der Waals surface area (Å²) in [5.41, 5.74) is 29.2. The van der Waals surface area contributed by atoms with Crippen LogP contribution in [0.4, 0.5) is 8.78 Å². The van der Waals surface area contributed by atoms with Crippen molar-refractivity contribution < 1.29 is 8.78 Å². The highest BCUT2D eigenvalue weighted by Gasteiger charge is 2.26. The van der Waals surface area contributed by atoms with Gasteiger partial charge in [-0.2, -0.15) is 5.26 Å². The Morgan fingerprint density at radius 2 is 0.615 bits per heavy atom. The number of fused-ring (bicyclic) bond motifs is 6. The first-order chi connectivity index (χ1) is 37.4. The van der Waals surface area contributed by atoms with Gasteiger partial charge in [0.1, 0.15) is 23.3 Å². The maximum absolute atomic E-state index is 16.6. The molecule has 0 unspecified atom stereocenters. The lowest BCUT2D eigenvalue weighted by Crippen LogP contribution is -2.05. The fourth-order valence-corrected chi connectivity index (χ4v) is 13.7. The molecule has 3 nitrogen and oxygen atoms in total. The minimum Gasteiger partial charge on any atom is -0.309 e. The monoisotopic (exact) mass is 1020 g/mol. The van der Waals surface area contributed by atoms with E-state index in [1.807, 2.05) is 0 Å². The van der Waals surface area contributed by atoms with Crippen LogP contribution in [0.2, 0.25) is 0 Å². The van der Waals surface area contributed by atoms with Crippen LogP contribution in [-0.4, -0.2) is 9.13 Å². The van der Waals surface area contributed by atoms with Gasteiger partial charge in [-0.15, -0.1) is 0 Å². The minimum absolute atomic E-state index is 0.312. The van der Waals surface area contributed by atoms with Crippen LogP contribution >= 0.6 is 0 Å². The Balaban J connectivity index is 1.23. The normalized spacial score (nSPS) is 11.7. The summed E-state index contributed by atoms with van der Waals surface area (Å²) >= 11 is 0. The van der Waals surface area contributed by atoms with Gasteiger partial charge in [-0.25, -0.2) is 8.78 Å². The molecule has 0 spiro atoms. The summed E-state index contributed by atoms with van der Waals surface area (Å²) in [5.74, 6) is -1.83. The standard InChI is InChI=1S/C73H61F2N3/c1-39-24-43(5)69(44(6)25-39)51-18-22-63-58(32-51)56-20-16-53(71-47(9)28-41(3)29-48(71)10)36-67(56)77(63)65-14-13-15-66(73(65)55-34-61(74)60(38-76)62(75)35-55)78-64-23-19-52(70-45(7)26-40(2)27-46(70)8)33-59(64)57-21-17-54(37-68(57)78)72-49(11)30-42(4)31-50(72)12/h13-37H,1-12H3. The Hall–Kier alpha value is -8.85. The molecule has 0 radical (unpaired) electrons. The molecule has 10 aromatic carbocycles. The molecule has 5 heteroatoms. The second-order valence-corrected chi connectivity index (χ2v) is 22.3. The Kier molecular flexibility index (Phi) is 12.0. The highest BCUT2D eigenvalue weighted by molar-refractivity contribution is 6.14. The predicted molar refractivity (Wildman–Crippen MR) is 324 cm³/mol. The number of rotatable bonds is 7. The Morgan fingerprint density at radius 1 is 0.308 bits per heavy atom. The van der Waals surface area contributed by atoms with Gasteiger partial charge in [0.25, 0.3) is 0 Å². The first-order valence-electron chi connectivity index (χ1n) is 26.9. The van der Waals surface area contributed by atoms with Gasteiger partial charge in [0.05, 0.1) is 33.4 Å². The van der Waals surface area contributed by atoms with Crippen molar-refractivity contribution in [2.24, 2.45) is 0 Å². The average Bonchev–Trinajstić information content (AvgIpc) is 4.06. The van der Waals surface area contributed by atoms with Gasteiger partial charge < -0.3 is 9.13 Å². The highest BCUT2D eigenvalue weighted by Crippen LogP contribution is 2.46. The molecular weight excluding hydrogens is 957 g/mol. The molecule has 2 heterocycles. The quantitative estimate of drug-likeness (QED) is 0.157. The van der Waals surface area contributed by atoms with Crippen molar-refractivity contribution in [1.82, 2.24) is 9.13 Å². The smallest absolute Gasteiger partial charge is 0.144 e. The molecule has 78 heavy (non-hydrogen) atoms. The molecule has 0 fully saturated rings. The zero-order valence-corrected chi connectivity index (χ0v) is 46.5. The molecule has 0 aliphatic carbocycles. The van der Waals surface area contributed by atoms with Crippen molar-refractivity contribution in [3.05, 3.63) is 236 Å². The fraction of sp³-hybridized carbons (Fsp3) is 0.164. The van der Waals surface area contributed by atoms with E-state index in [1.54, 1.807) is 6.07 Å². The zero-order chi connectivity index (χ0) is 54.7. The van der Waals surface area contributed by atoms with Gasteiger partial charge >= 0.3 is 0 Å². The van der Waals surface area contributed by atoms with E-state index in [0.717, 1.165) is 77.2 Å². The number of nitrogens with zero attached hydrogens (tertiary/aromatic N) is 3. The molecule has 0 aliphatic rings.